The topological polar surface area (TPSA) is 141 Å². The number of hydrogen-bond donors (Lipinski definition) is 3. The molecule has 1 aromatic rings. The molecule has 1 rings (SSSR count). The summed E-state index contributed by atoms with van der Waals surface area (Å²) < 4.78 is 20.1. The van der Waals surface area contributed by atoms with Crippen LogP contribution in [0.3, 0.4) is 0 Å². The number of hydrogen-bond acceptors (Lipinski definition) is 8. The first-order chi connectivity index (χ1) is 15.6. The van der Waals surface area contributed by atoms with E-state index in [9.17, 15) is 19.2 Å². The van der Waals surface area contributed by atoms with E-state index >= 15 is 0 Å². The Labute approximate surface area is 193 Å². The van der Waals surface area contributed by atoms with Gasteiger partial charge in [-0.25, -0.2) is 9.59 Å². The van der Waals surface area contributed by atoms with E-state index in [4.69, 9.17) is 14.2 Å². The molecule has 0 aliphatic rings. The van der Waals surface area contributed by atoms with Crippen LogP contribution in [0.25, 0.3) is 0 Å². The molecule has 0 bridgehead atoms. The standard InChI is InChI=1S/C22H33N3O8/c1-22(2,3)33-20(28)24-11-13-31-12-10-23-19(27)17(14-18(26)30-4)25-21(29)32-15-16-8-6-5-7-9-16/h5-9,17H,10-15H2,1-4H3,(H,23,27)(H,24,28)(H,25,29)/t17-/m0/s1. The first-order valence-corrected chi connectivity index (χ1v) is 10.5. The van der Waals surface area contributed by atoms with E-state index in [0.717, 1.165) is 5.56 Å². The second-order valence-electron chi connectivity index (χ2n) is 7.87. The molecule has 0 heterocycles. The fraction of sp³-hybridized carbons (Fsp3) is 0.545. The molecule has 33 heavy (non-hydrogen) atoms. The zero-order valence-electron chi connectivity index (χ0n) is 19.5. The molecule has 0 spiro atoms. The monoisotopic (exact) mass is 467 g/mol. The number of rotatable bonds is 12. The number of methoxy groups -OCH3 is 1. The number of ether oxygens (including phenoxy) is 4. The van der Waals surface area contributed by atoms with Crippen LogP contribution in [-0.4, -0.2) is 69.1 Å². The summed E-state index contributed by atoms with van der Waals surface area (Å²) in [5.41, 5.74) is 0.192. The van der Waals surface area contributed by atoms with Gasteiger partial charge in [0, 0.05) is 13.1 Å². The van der Waals surface area contributed by atoms with Gasteiger partial charge in [0.2, 0.25) is 5.91 Å². The molecule has 0 aliphatic carbocycles. The van der Waals surface area contributed by atoms with Crippen molar-refractivity contribution >= 4 is 24.1 Å². The lowest BCUT2D eigenvalue weighted by Crippen LogP contribution is -2.48. The van der Waals surface area contributed by atoms with Crippen molar-refractivity contribution in [1.82, 2.24) is 16.0 Å². The zero-order valence-corrected chi connectivity index (χ0v) is 19.5. The molecule has 0 aromatic heterocycles. The molecule has 1 atom stereocenters. The van der Waals surface area contributed by atoms with Crippen LogP contribution in [0.1, 0.15) is 32.8 Å². The van der Waals surface area contributed by atoms with Gasteiger partial charge in [-0.15, -0.1) is 0 Å². The van der Waals surface area contributed by atoms with Crippen molar-refractivity contribution in [3.8, 4) is 0 Å². The lowest BCUT2D eigenvalue weighted by Gasteiger charge is -2.19. The molecule has 11 nitrogen and oxygen atoms in total. The highest BCUT2D eigenvalue weighted by molar-refractivity contribution is 5.89. The maximum atomic E-state index is 12.4. The average Bonchev–Trinajstić information content (AvgIpc) is 2.75. The van der Waals surface area contributed by atoms with Crippen LogP contribution < -0.4 is 16.0 Å². The van der Waals surface area contributed by atoms with Gasteiger partial charge in [0.05, 0.1) is 26.7 Å². The number of esters is 1. The lowest BCUT2D eigenvalue weighted by molar-refractivity contribution is -0.143. The minimum absolute atomic E-state index is 0.0183. The Morgan fingerprint density at radius 1 is 0.939 bits per heavy atom. The van der Waals surface area contributed by atoms with Gasteiger partial charge in [-0.05, 0) is 26.3 Å². The summed E-state index contributed by atoms with van der Waals surface area (Å²) >= 11 is 0. The quantitative estimate of drug-likeness (QED) is 0.239. The Balaban J connectivity index is 2.34. The highest BCUT2D eigenvalue weighted by Gasteiger charge is 2.25. The third-order valence-electron chi connectivity index (χ3n) is 3.88. The molecule has 0 aliphatic heterocycles. The summed E-state index contributed by atoms with van der Waals surface area (Å²) in [5.74, 6) is -1.25. The van der Waals surface area contributed by atoms with E-state index in [2.05, 4.69) is 20.7 Å². The Morgan fingerprint density at radius 2 is 1.58 bits per heavy atom. The maximum Gasteiger partial charge on any atom is 0.408 e. The van der Waals surface area contributed by atoms with Gasteiger partial charge in [-0.2, -0.15) is 0 Å². The van der Waals surface area contributed by atoms with Crippen LogP contribution in [0, 0.1) is 0 Å². The van der Waals surface area contributed by atoms with Crippen molar-refractivity contribution in [1.29, 1.82) is 0 Å². The maximum absolute atomic E-state index is 12.4. The Bertz CT molecular complexity index is 765. The van der Waals surface area contributed by atoms with Crippen LogP contribution in [-0.2, 0) is 35.1 Å². The van der Waals surface area contributed by atoms with Gasteiger partial charge in [0.15, 0.2) is 0 Å². The SMILES string of the molecule is COC(=O)C[C@H](NC(=O)OCc1ccccc1)C(=O)NCCOCCNC(=O)OC(C)(C)C. The predicted molar refractivity (Wildman–Crippen MR) is 118 cm³/mol. The minimum atomic E-state index is -1.17. The van der Waals surface area contributed by atoms with Gasteiger partial charge in [-0.1, -0.05) is 30.3 Å². The molecule has 0 fully saturated rings. The molecule has 0 saturated heterocycles. The fourth-order valence-corrected chi connectivity index (χ4v) is 2.38. The van der Waals surface area contributed by atoms with Crippen LogP contribution in [0.4, 0.5) is 9.59 Å². The molecule has 0 saturated carbocycles. The normalized spacial score (nSPS) is 11.6. The smallest absolute Gasteiger partial charge is 0.408 e. The third-order valence-corrected chi connectivity index (χ3v) is 3.88. The van der Waals surface area contributed by atoms with Crippen LogP contribution in [0.2, 0.25) is 0 Å². The summed E-state index contributed by atoms with van der Waals surface area (Å²) in [7, 11) is 1.18. The van der Waals surface area contributed by atoms with Crippen molar-refractivity contribution in [2.75, 3.05) is 33.4 Å². The minimum Gasteiger partial charge on any atom is -0.469 e. The summed E-state index contributed by atoms with van der Waals surface area (Å²) in [6.07, 6.45) is -1.74. The number of carbonyl (C=O) groups excluding carboxylic acids is 4. The van der Waals surface area contributed by atoms with Crippen LogP contribution in [0.5, 0.6) is 0 Å². The molecule has 3 amide bonds. The molecule has 0 radical (unpaired) electrons. The Kier molecular flexibility index (Phi) is 12.3. The lowest BCUT2D eigenvalue weighted by atomic mass is 10.2. The summed E-state index contributed by atoms with van der Waals surface area (Å²) in [6, 6.07) is 7.85. The van der Waals surface area contributed by atoms with Gasteiger partial charge < -0.3 is 34.9 Å². The second-order valence-corrected chi connectivity index (χ2v) is 7.87. The van der Waals surface area contributed by atoms with Gasteiger partial charge in [0.25, 0.3) is 0 Å². The third kappa shape index (κ3) is 13.6. The first kappa shape index (κ1) is 27.7. The molecule has 11 heteroatoms. The number of amides is 3. The number of alkyl carbamates (subject to hydrolysis) is 2. The van der Waals surface area contributed by atoms with Crippen molar-refractivity contribution in [2.45, 2.75) is 45.4 Å². The largest absolute Gasteiger partial charge is 0.469 e. The number of benzene rings is 1. The predicted octanol–water partition coefficient (Wildman–Crippen LogP) is 1.50. The van der Waals surface area contributed by atoms with E-state index in [1.807, 2.05) is 6.07 Å². The fourth-order valence-electron chi connectivity index (χ4n) is 2.38. The Hall–Kier alpha value is -3.34. The van der Waals surface area contributed by atoms with E-state index < -0.39 is 35.7 Å². The van der Waals surface area contributed by atoms with Gasteiger partial charge >= 0.3 is 18.2 Å². The van der Waals surface area contributed by atoms with Crippen LogP contribution in [0.15, 0.2) is 30.3 Å². The summed E-state index contributed by atoms with van der Waals surface area (Å²) in [4.78, 5) is 47.6. The van der Waals surface area contributed by atoms with Gasteiger partial charge in [-0.3, -0.25) is 9.59 Å². The molecular weight excluding hydrogens is 434 g/mol. The summed E-state index contributed by atoms with van der Waals surface area (Å²) in [5, 5.41) is 7.48. The molecule has 1 aromatic carbocycles. The number of carbonyl (C=O) groups is 4. The van der Waals surface area contributed by atoms with Crippen molar-refractivity contribution in [2.24, 2.45) is 0 Å². The first-order valence-electron chi connectivity index (χ1n) is 10.5. The van der Waals surface area contributed by atoms with E-state index in [0.29, 0.717) is 0 Å². The van der Waals surface area contributed by atoms with E-state index in [1.165, 1.54) is 7.11 Å². The Morgan fingerprint density at radius 3 is 2.18 bits per heavy atom. The van der Waals surface area contributed by atoms with Crippen molar-refractivity contribution in [3.63, 3.8) is 0 Å². The van der Waals surface area contributed by atoms with Crippen molar-refractivity contribution in [3.05, 3.63) is 35.9 Å². The highest BCUT2D eigenvalue weighted by atomic mass is 16.6. The molecule has 184 valence electrons. The van der Waals surface area contributed by atoms with E-state index in [1.54, 1.807) is 45.0 Å². The molecule has 3 N–H and O–H groups in total. The van der Waals surface area contributed by atoms with E-state index in [-0.39, 0.29) is 39.3 Å². The molecule has 0 unspecified atom stereocenters. The highest BCUT2D eigenvalue weighted by Crippen LogP contribution is 2.06. The van der Waals surface area contributed by atoms with Crippen molar-refractivity contribution < 1.29 is 38.1 Å². The zero-order chi connectivity index (χ0) is 24.7. The van der Waals surface area contributed by atoms with Gasteiger partial charge in [0.1, 0.15) is 18.2 Å². The molecular formula is C22H33N3O8. The summed E-state index contributed by atoms with van der Waals surface area (Å²) in [6.45, 7) is 6.04. The average molecular weight is 468 g/mol. The second kappa shape index (κ2) is 14.7. The van der Waals surface area contributed by atoms with Crippen LogP contribution >= 0.6 is 0 Å². The number of nitrogens with one attached hydrogen (secondary N) is 3.